The lowest BCUT2D eigenvalue weighted by Gasteiger charge is -2.12. The molecule has 0 saturated carbocycles. The third kappa shape index (κ3) is 10.9. The Balaban J connectivity index is 1.98. The Bertz CT molecular complexity index is 512. The van der Waals surface area contributed by atoms with E-state index in [0.717, 1.165) is 0 Å². The zero-order valence-electron chi connectivity index (χ0n) is 13.1. The predicted molar refractivity (Wildman–Crippen MR) is 82.3 cm³/mol. The highest BCUT2D eigenvalue weighted by molar-refractivity contribution is 6.31. The minimum absolute atomic E-state index is 0.0113. The van der Waals surface area contributed by atoms with Gasteiger partial charge in [-0.2, -0.15) is 18.2 Å². The van der Waals surface area contributed by atoms with E-state index < -0.39 is 18.9 Å². The Kier molecular flexibility index (Phi) is 9.67. The van der Waals surface area contributed by atoms with Gasteiger partial charge < -0.3 is 30.4 Å². The molecule has 0 saturated heterocycles. The molecule has 4 N–H and O–H groups in total. The van der Waals surface area contributed by atoms with Crippen LogP contribution in [0.25, 0.3) is 0 Å². The second kappa shape index (κ2) is 11.2. The van der Waals surface area contributed by atoms with E-state index in [9.17, 15) is 18.3 Å². The van der Waals surface area contributed by atoms with Gasteiger partial charge in [0.05, 0.1) is 39.1 Å². The van der Waals surface area contributed by atoms with Gasteiger partial charge in [0.2, 0.25) is 5.95 Å². The summed E-state index contributed by atoms with van der Waals surface area (Å²) in [6.07, 6.45) is -5.19. The number of alkyl halides is 3. The molecule has 0 radical (unpaired) electrons. The molecule has 9 nitrogen and oxygen atoms in total. The lowest BCUT2D eigenvalue weighted by atomic mass is 10.4. The third-order valence-electron chi connectivity index (χ3n) is 2.49. The molecule has 0 spiro atoms. The zero-order chi connectivity index (χ0) is 18.7. The van der Waals surface area contributed by atoms with E-state index in [1.807, 2.05) is 0 Å². The van der Waals surface area contributed by atoms with Gasteiger partial charge in [0.15, 0.2) is 11.0 Å². The number of ether oxygens (including phenoxy) is 3. The molecule has 0 aliphatic rings. The van der Waals surface area contributed by atoms with Gasteiger partial charge in [-0.3, -0.25) is 0 Å². The van der Waals surface area contributed by atoms with Gasteiger partial charge in [0.25, 0.3) is 0 Å². The molecule has 1 heterocycles. The van der Waals surface area contributed by atoms with E-state index in [-0.39, 0.29) is 56.5 Å². The first-order valence-electron chi connectivity index (χ1n) is 7.15. The summed E-state index contributed by atoms with van der Waals surface area (Å²) in [6, 6.07) is 0. The molecular formula is C12H19ClF3N5O4. The fraction of sp³-hybridized carbons (Fsp3) is 0.750. The predicted octanol–water partition coefficient (Wildman–Crippen LogP) is 0.492. The highest BCUT2D eigenvalue weighted by atomic mass is 35.5. The molecule has 0 aliphatic heterocycles. The number of aliphatic hydroxyl groups is 1. The smallest absolute Gasteiger partial charge is 0.389 e. The van der Waals surface area contributed by atoms with E-state index in [1.165, 1.54) is 0 Å². The van der Waals surface area contributed by atoms with Gasteiger partial charge >= 0.3 is 6.18 Å². The Morgan fingerprint density at radius 1 is 1.12 bits per heavy atom. The number of aromatic nitrogens is 3. The Morgan fingerprint density at radius 3 is 2.40 bits per heavy atom. The largest absolute Gasteiger partial charge is 0.411 e. The molecule has 0 aliphatic carbocycles. The van der Waals surface area contributed by atoms with E-state index in [2.05, 4.69) is 25.2 Å². The number of hydrogen-bond acceptors (Lipinski definition) is 9. The van der Waals surface area contributed by atoms with E-state index in [0.29, 0.717) is 0 Å². The van der Waals surface area contributed by atoms with E-state index in [4.69, 9.17) is 26.8 Å². The molecule has 1 aromatic rings. The van der Waals surface area contributed by atoms with Crippen molar-refractivity contribution < 1.29 is 32.5 Å². The fourth-order valence-electron chi connectivity index (χ4n) is 1.41. The number of nitrogens with zero attached hydrogens (tertiary/aromatic N) is 3. The van der Waals surface area contributed by atoms with Gasteiger partial charge in [0.1, 0.15) is 6.61 Å². The maximum absolute atomic E-state index is 11.8. The standard InChI is InChI=1S/C12H19ClF3N5O4/c13-9-10(17)19-11(21-20-9)18-5-8(22)6-24-3-1-23-2-4-25-7-12(14,15)16/h8,22H,1-7H2,(H3,17,18,19,21). The second-order valence-electron chi connectivity index (χ2n) is 4.70. The fourth-order valence-corrected chi connectivity index (χ4v) is 1.49. The number of nitrogens with one attached hydrogen (secondary N) is 1. The second-order valence-corrected chi connectivity index (χ2v) is 5.06. The first kappa shape index (κ1) is 21.6. The molecule has 0 bridgehead atoms. The van der Waals surface area contributed by atoms with Crippen molar-refractivity contribution in [2.24, 2.45) is 0 Å². The maximum atomic E-state index is 11.8. The number of aliphatic hydroxyl groups excluding tert-OH is 1. The summed E-state index contributed by atoms with van der Waals surface area (Å²) in [7, 11) is 0. The molecule has 0 aromatic carbocycles. The number of halogens is 4. The topological polar surface area (TPSA) is 125 Å². The lowest BCUT2D eigenvalue weighted by Crippen LogP contribution is -2.26. The van der Waals surface area contributed by atoms with Gasteiger partial charge in [-0.25, -0.2) is 0 Å². The summed E-state index contributed by atoms with van der Waals surface area (Å²) in [5.41, 5.74) is 5.45. The molecule has 1 aromatic heterocycles. The Hall–Kier alpha value is -1.47. The average molecular weight is 390 g/mol. The van der Waals surface area contributed by atoms with Crippen LogP contribution >= 0.6 is 11.6 Å². The summed E-state index contributed by atoms with van der Waals surface area (Å²) in [5.74, 6) is 0.129. The summed E-state index contributed by atoms with van der Waals surface area (Å²) in [4.78, 5) is 3.81. The first-order valence-corrected chi connectivity index (χ1v) is 7.53. The monoisotopic (exact) mass is 389 g/mol. The molecule has 144 valence electrons. The normalized spacial score (nSPS) is 13.0. The molecule has 25 heavy (non-hydrogen) atoms. The van der Waals surface area contributed by atoms with Crippen molar-refractivity contribution in [2.75, 3.05) is 57.2 Å². The highest BCUT2D eigenvalue weighted by Crippen LogP contribution is 2.14. The number of nitrogens with two attached hydrogens (primary N) is 1. The van der Waals surface area contributed by atoms with Crippen LogP contribution in [0.2, 0.25) is 5.15 Å². The van der Waals surface area contributed by atoms with Crippen molar-refractivity contribution in [3.63, 3.8) is 0 Å². The van der Waals surface area contributed by atoms with Gasteiger partial charge in [-0.05, 0) is 0 Å². The number of rotatable bonds is 12. The number of hydrogen-bond donors (Lipinski definition) is 3. The molecule has 1 unspecified atom stereocenters. The van der Waals surface area contributed by atoms with Crippen LogP contribution in [0.15, 0.2) is 0 Å². The molecule has 1 rings (SSSR count). The van der Waals surface area contributed by atoms with Crippen LogP contribution in [-0.4, -0.2) is 78.8 Å². The molecule has 1 atom stereocenters. The molecule has 0 amide bonds. The minimum Gasteiger partial charge on any atom is -0.389 e. The summed E-state index contributed by atoms with van der Waals surface area (Å²) in [6.45, 7) is -1.01. The first-order chi connectivity index (χ1) is 11.8. The maximum Gasteiger partial charge on any atom is 0.411 e. The average Bonchev–Trinajstić information content (AvgIpc) is 2.53. The van der Waals surface area contributed by atoms with Crippen LogP contribution < -0.4 is 11.1 Å². The lowest BCUT2D eigenvalue weighted by molar-refractivity contribution is -0.176. The molecule has 13 heteroatoms. The summed E-state index contributed by atoms with van der Waals surface area (Å²) < 4.78 is 49.9. The van der Waals surface area contributed by atoms with Crippen LogP contribution in [0.3, 0.4) is 0 Å². The van der Waals surface area contributed by atoms with Crippen LogP contribution in [0, 0.1) is 0 Å². The van der Waals surface area contributed by atoms with Crippen LogP contribution in [0.1, 0.15) is 0 Å². The van der Waals surface area contributed by atoms with Crippen molar-refractivity contribution in [1.29, 1.82) is 0 Å². The quantitative estimate of drug-likeness (QED) is 0.438. The highest BCUT2D eigenvalue weighted by Gasteiger charge is 2.27. The summed E-state index contributed by atoms with van der Waals surface area (Å²) in [5, 5.41) is 19.6. The van der Waals surface area contributed by atoms with Crippen LogP contribution in [0.4, 0.5) is 24.9 Å². The minimum atomic E-state index is -4.34. The zero-order valence-corrected chi connectivity index (χ0v) is 13.9. The van der Waals surface area contributed by atoms with Crippen LogP contribution in [0.5, 0.6) is 0 Å². The Morgan fingerprint density at radius 2 is 1.76 bits per heavy atom. The Labute approximate surface area is 146 Å². The van der Waals surface area contributed by atoms with E-state index >= 15 is 0 Å². The number of anilines is 2. The van der Waals surface area contributed by atoms with Crippen molar-refractivity contribution >= 4 is 23.4 Å². The van der Waals surface area contributed by atoms with Gasteiger partial charge in [-0.1, -0.05) is 11.6 Å². The molecule has 0 fully saturated rings. The van der Waals surface area contributed by atoms with Crippen molar-refractivity contribution in [2.45, 2.75) is 12.3 Å². The molecular weight excluding hydrogens is 371 g/mol. The summed E-state index contributed by atoms with van der Waals surface area (Å²) >= 11 is 5.57. The van der Waals surface area contributed by atoms with Gasteiger partial charge in [0, 0.05) is 6.54 Å². The van der Waals surface area contributed by atoms with E-state index in [1.54, 1.807) is 0 Å². The SMILES string of the molecule is Nc1nc(NCC(O)COCCOCCOCC(F)(F)F)nnc1Cl. The van der Waals surface area contributed by atoms with Crippen molar-refractivity contribution in [3.05, 3.63) is 5.15 Å². The third-order valence-corrected chi connectivity index (χ3v) is 2.76. The van der Waals surface area contributed by atoms with Crippen molar-refractivity contribution in [1.82, 2.24) is 15.2 Å². The van der Waals surface area contributed by atoms with Crippen molar-refractivity contribution in [3.8, 4) is 0 Å². The van der Waals surface area contributed by atoms with Gasteiger partial charge in [-0.15, -0.1) is 10.2 Å². The van der Waals surface area contributed by atoms with Crippen LogP contribution in [-0.2, 0) is 14.2 Å². The number of nitrogen functional groups attached to an aromatic ring is 1.